The topological polar surface area (TPSA) is 50.7 Å². The minimum atomic E-state index is -2.94. The molecule has 0 radical (unpaired) electrons. The molecule has 1 unspecified atom stereocenters. The predicted octanol–water partition coefficient (Wildman–Crippen LogP) is 3.26. The lowest BCUT2D eigenvalue weighted by Crippen LogP contribution is -2.21. The predicted molar refractivity (Wildman–Crippen MR) is 82.7 cm³/mol. The molecule has 0 saturated heterocycles. The van der Waals surface area contributed by atoms with Gasteiger partial charge in [-0.1, -0.05) is 18.2 Å². The molecule has 2 rings (SSSR count). The second-order valence-corrected chi connectivity index (χ2v) is 5.06. The zero-order valence-electron chi connectivity index (χ0n) is 13.0. The van der Waals surface area contributed by atoms with Crippen LogP contribution < -0.4 is 14.8 Å². The summed E-state index contributed by atoms with van der Waals surface area (Å²) in [6, 6.07) is 10.2. The number of hydrogen-bond donors (Lipinski definition) is 2. The summed E-state index contributed by atoms with van der Waals surface area (Å²) < 4.78 is 47.0. The fraction of sp³-hybridized carbons (Fsp3) is 0.294. The van der Waals surface area contributed by atoms with Crippen LogP contribution in [0.5, 0.6) is 11.5 Å². The molecule has 0 amide bonds. The molecule has 0 aromatic heterocycles. The second-order valence-electron chi connectivity index (χ2n) is 5.06. The van der Waals surface area contributed by atoms with E-state index in [4.69, 9.17) is 4.74 Å². The van der Waals surface area contributed by atoms with Gasteiger partial charge in [0.25, 0.3) is 0 Å². The Morgan fingerprint density at radius 1 is 1.08 bits per heavy atom. The van der Waals surface area contributed by atoms with Crippen molar-refractivity contribution in [2.24, 2.45) is 0 Å². The number of halogens is 3. The summed E-state index contributed by atoms with van der Waals surface area (Å²) in [5, 5.41) is 13.0. The van der Waals surface area contributed by atoms with Gasteiger partial charge in [0, 0.05) is 13.1 Å². The van der Waals surface area contributed by atoms with Crippen LogP contribution in [0.4, 0.5) is 13.2 Å². The Labute approximate surface area is 137 Å². The maximum absolute atomic E-state index is 12.8. The van der Waals surface area contributed by atoms with Crippen molar-refractivity contribution in [3.63, 3.8) is 0 Å². The minimum absolute atomic E-state index is 0.0501. The molecule has 0 heterocycles. The molecular weight excluding hydrogens is 323 g/mol. The SMILES string of the molecule is COc1ccc(CNCC(O)c2ccc(F)cc2)cc1OC(F)F. The van der Waals surface area contributed by atoms with Crippen LogP contribution in [-0.2, 0) is 6.54 Å². The van der Waals surface area contributed by atoms with Crippen molar-refractivity contribution in [2.75, 3.05) is 13.7 Å². The van der Waals surface area contributed by atoms with E-state index in [0.717, 1.165) is 0 Å². The highest BCUT2D eigenvalue weighted by Crippen LogP contribution is 2.29. The summed E-state index contributed by atoms with van der Waals surface area (Å²) in [6.45, 7) is -2.38. The number of nitrogens with one attached hydrogen (secondary N) is 1. The van der Waals surface area contributed by atoms with Gasteiger partial charge in [-0.3, -0.25) is 0 Å². The highest BCUT2D eigenvalue weighted by atomic mass is 19.3. The highest BCUT2D eigenvalue weighted by Gasteiger charge is 2.12. The van der Waals surface area contributed by atoms with Gasteiger partial charge in [-0.15, -0.1) is 0 Å². The van der Waals surface area contributed by atoms with Crippen LogP contribution in [-0.4, -0.2) is 25.4 Å². The first-order valence-electron chi connectivity index (χ1n) is 7.25. The van der Waals surface area contributed by atoms with E-state index in [9.17, 15) is 18.3 Å². The van der Waals surface area contributed by atoms with Crippen molar-refractivity contribution in [3.8, 4) is 11.5 Å². The number of alkyl halides is 2. The molecule has 0 aliphatic carbocycles. The van der Waals surface area contributed by atoms with Crippen LogP contribution in [0, 0.1) is 5.82 Å². The highest BCUT2D eigenvalue weighted by molar-refractivity contribution is 5.43. The number of rotatable bonds is 8. The Kier molecular flexibility index (Phi) is 6.45. The Hall–Kier alpha value is -2.25. The zero-order chi connectivity index (χ0) is 17.5. The molecule has 2 aromatic rings. The van der Waals surface area contributed by atoms with Crippen LogP contribution in [0.1, 0.15) is 17.2 Å². The third-order valence-electron chi connectivity index (χ3n) is 3.37. The first kappa shape index (κ1) is 18.1. The third kappa shape index (κ3) is 5.14. The molecule has 0 aliphatic rings. The first-order chi connectivity index (χ1) is 11.5. The quantitative estimate of drug-likeness (QED) is 0.774. The smallest absolute Gasteiger partial charge is 0.387 e. The second kappa shape index (κ2) is 8.56. The van der Waals surface area contributed by atoms with Gasteiger partial charge < -0.3 is 19.9 Å². The lowest BCUT2D eigenvalue weighted by Gasteiger charge is -2.14. The Morgan fingerprint density at radius 2 is 1.79 bits per heavy atom. The van der Waals surface area contributed by atoms with Crippen molar-refractivity contribution in [3.05, 3.63) is 59.4 Å². The molecule has 0 fully saturated rings. The normalized spacial score (nSPS) is 12.2. The Morgan fingerprint density at radius 3 is 2.42 bits per heavy atom. The van der Waals surface area contributed by atoms with Crippen LogP contribution in [0.25, 0.3) is 0 Å². The number of ether oxygens (including phenoxy) is 2. The van der Waals surface area contributed by atoms with E-state index in [1.54, 1.807) is 6.07 Å². The molecule has 4 nitrogen and oxygen atoms in total. The van der Waals surface area contributed by atoms with Gasteiger partial charge in [-0.2, -0.15) is 8.78 Å². The van der Waals surface area contributed by atoms with Gasteiger partial charge in [-0.25, -0.2) is 4.39 Å². The van der Waals surface area contributed by atoms with Gasteiger partial charge in [0.2, 0.25) is 0 Å². The number of hydrogen-bond acceptors (Lipinski definition) is 4. The molecule has 2 aromatic carbocycles. The largest absolute Gasteiger partial charge is 0.493 e. The van der Waals surface area contributed by atoms with Gasteiger partial charge in [-0.05, 0) is 35.4 Å². The lowest BCUT2D eigenvalue weighted by molar-refractivity contribution is -0.0512. The van der Waals surface area contributed by atoms with E-state index in [-0.39, 0.29) is 23.9 Å². The van der Waals surface area contributed by atoms with E-state index in [0.29, 0.717) is 17.7 Å². The Bertz CT molecular complexity index is 650. The van der Waals surface area contributed by atoms with Crippen molar-refractivity contribution in [1.82, 2.24) is 5.32 Å². The first-order valence-corrected chi connectivity index (χ1v) is 7.25. The monoisotopic (exact) mass is 341 g/mol. The third-order valence-corrected chi connectivity index (χ3v) is 3.37. The van der Waals surface area contributed by atoms with E-state index >= 15 is 0 Å². The summed E-state index contributed by atoms with van der Waals surface area (Å²) in [4.78, 5) is 0. The van der Waals surface area contributed by atoms with Crippen molar-refractivity contribution < 1.29 is 27.8 Å². The molecule has 1 atom stereocenters. The average molecular weight is 341 g/mol. The number of aliphatic hydroxyl groups is 1. The molecule has 0 aliphatic heterocycles. The van der Waals surface area contributed by atoms with Crippen LogP contribution in [0.3, 0.4) is 0 Å². The fourth-order valence-corrected chi connectivity index (χ4v) is 2.18. The van der Waals surface area contributed by atoms with Crippen LogP contribution in [0.2, 0.25) is 0 Å². The van der Waals surface area contributed by atoms with Crippen molar-refractivity contribution in [1.29, 1.82) is 0 Å². The fourth-order valence-electron chi connectivity index (χ4n) is 2.18. The van der Waals surface area contributed by atoms with E-state index < -0.39 is 12.7 Å². The summed E-state index contributed by atoms with van der Waals surface area (Å²) in [5.74, 6) is -0.208. The molecule has 2 N–H and O–H groups in total. The number of benzene rings is 2. The molecule has 130 valence electrons. The van der Waals surface area contributed by atoms with Gasteiger partial charge in [0.1, 0.15) is 5.82 Å². The number of aliphatic hydroxyl groups excluding tert-OH is 1. The maximum Gasteiger partial charge on any atom is 0.387 e. The Balaban J connectivity index is 1.92. The number of methoxy groups -OCH3 is 1. The van der Waals surface area contributed by atoms with Crippen molar-refractivity contribution >= 4 is 0 Å². The van der Waals surface area contributed by atoms with Gasteiger partial charge in [0.15, 0.2) is 11.5 Å². The molecule has 0 saturated carbocycles. The molecule has 7 heteroatoms. The minimum Gasteiger partial charge on any atom is -0.493 e. The maximum atomic E-state index is 12.8. The van der Waals surface area contributed by atoms with E-state index in [1.165, 1.54) is 43.5 Å². The average Bonchev–Trinajstić information content (AvgIpc) is 2.55. The summed E-state index contributed by atoms with van der Waals surface area (Å²) >= 11 is 0. The van der Waals surface area contributed by atoms with E-state index in [1.807, 2.05) is 0 Å². The molecule has 0 spiro atoms. The lowest BCUT2D eigenvalue weighted by atomic mass is 10.1. The molecule has 0 bridgehead atoms. The van der Waals surface area contributed by atoms with Gasteiger partial charge in [0.05, 0.1) is 13.2 Å². The summed E-state index contributed by atoms with van der Waals surface area (Å²) in [6.07, 6.45) is -0.805. The summed E-state index contributed by atoms with van der Waals surface area (Å²) in [5.41, 5.74) is 1.28. The molecular formula is C17H18F3NO3. The van der Waals surface area contributed by atoms with Crippen molar-refractivity contribution in [2.45, 2.75) is 19.3 Å². The standard InChI is InChI=1S/C17H18F3NO3/c1-23-15-7-2-11(8-16(15)24-17(19)20)9-21-10-14(22)12-3-5-13(18)6-4-12/h2-8,14,17,21-22H,9-10H2,1H3. The van der Waals surface area contributed by atoms with Crippen LogP contribution >= 0.6 is 0 Å². The summed E-state index contributed by atoms with van der Waals surface area (Å²) in [7, 11) is 1.37. The van der Waals surface area contributed by atoms with Gasteiger partial charge >= 0.3 is 6.61 Å². The zero-order valence-corrected chi connectivity index (χ0v) is 13.0. The van der Waals surface area contributed by atoms with Crippen LogP contribution in [0.15, 0.2) is 42.5 Å². The van der Waals surface area contributed by atoms with E-state index in [2.05, 4.69) is 10.1 Å². The molecule has 24 heavy (non-hydrogen) atoms.